The van der Waals surface area contributed by atoms with E-state index < -0.39 is 5.97 Å². The first kappa shape index (κ1) is 14.8. The molecule has 0 amide bonds. The Labute approximate surface area is 99.2 Å². The van der Waals surface area contributed by atoms with Crippen molar-refractivity contribution in [3.05, 3.63) is 0 Å². The third-order valence-electron chi connectivity index (χ3n) is 1.73. The van der Waals surface area contributed by atoms with Gasteiger partial charge in [-0.2, -0.15) is 0 Å². The molecule has 1 rings (SSSR count). The van der Waals surface area contributed by atoms with Crippen molar-refractivity contribution in [2.45, 2.75) is 13.3 Å². The Balaban J connectivity index is 0.00000106. The Morgan fingerprint density at radius 2 is 2.38 bits per heavy atom. The van der Waals surface area contributed by atoms with E-state index in [0.717, 1.165) is 12.2 Å². The summed E-state index contributed by atoms with van der Waals surface area (Å²) in [5.74, 6) is 0.882. The summed E-state index contributed by atoms with van der Waals surface area (Å²) in [5.41, 5.74) is 0. The second-order valence-electron chi connectivity index (χ2n) is 2.97. The number of hydrogen-bond acceptors (Lipinski definition) is 6. The molecule has 0 saturated carbocycles. The first-order valence-corrected chi connectivity index (χ1v) is 5.90. The van der Waals surface area contributed by atoms with Gasteiger partial charge in [-0.05, 0) is 6.42 Å². The van der Waals surface area contributed by atoms with Crippen LogP contribution in [-0.2, 0) is 9.59 Å². The van der Waals surface area contributed by atoms with Gasteiger partial charge in [0.25, 0.3) is 0 Å². The Morgan fingerprint density at radius 3 is 2.94 bits per heavy atom. The van der Waals surface area contributed by atoms with Gasteiger partial charge in [0.2, 0.25) is 5.96 Å². The van der Waals surface area contributed by atoms with Crippen LogP contribution < -0.4 is 4.72 Å². The highest BCUT2D eigenvalue weighted by molar-refractivity contribution is 7.97. The van der Waals surface area contributed by atoms with Crippen LogP contribution in [0.2, 0.25) is 0 Å². The minimum absolute atomic E-state index is 0.0263. The van der Waals surface area contributed by atoms with Gasteiger partial charge >= 0.3 is 5.97 Å². The van der Waals surface area contributed by atoms with Crippen molar-refractivity contribution in [2.24, 2.45) is 4.99 Å². The molecule has 0 bridgehead atoms. The topological polar surface area (TPSA) is 82.0 Å². The minimum Gasteiger partial charge on any atom is -0.480 e. The molecule has 0 aliphatic carbocycles. The number of carbonyl (C=O) groups excluding carboxylic acids is 1. The summed E-state index contributed by atoms with van der Waals surface area (Å²) < 4.78 is 3.07. The third kappa shape index (κ3) is 5.59. The molecule has 0 aromatic heterocycles. The molecule has 0 unspecified atom stereocenters. The second kappa shape index (κ2) is 9.02. The fraction of sp³-hybridized carbons (Fsp3) is 0.667. The number of carbonyl (C=O) groups is 2. The zero-order chi connectivity index (χ0) is 12.4. The highest BCUT2D eigenvalue weighted by Gasteiger charge is 2.18. The molecule has 1 heterocycles. The average molecular weight is 247 g/mol. The van der Waals surface area contributed by atoms with Crippen LogP contribution in [0, 0.1) is 0 Å². The lowest BCUT2D eigenvalue weighted by atomic mass is 10.5. The molecule has 2 N–H and O–H groups in total. The zero-order valence-electron chi connectivity index (χ0n) is 9.31. The van der Waals surface area contributed by atoms with Crippen LogP contribution in [0.5, 0.6) is 0 Å². The molecule has 0 saturated heterocycles. The highest BCUT2D eigenvalue weighted by atomic mass is 32.2. The SMILES string of the molecule is C=O.CCCSNC1=NCCN1CC(=O)O. The van der Waals surface area contributed by atoms with Crippen molar-refractivity contribution in [1.29, 1.82) is 0 Å². The van der Waals surface area contributed by atoms with Crippen molar-refractivity contribution < 1.29 is 14.7 Å². The van der Waals surface area contributed by atoms with E-state index in [0.29, 0.717) is 19.0 Å². The number of aliphatic carboxylic acids is 1. The van der Waals surface area contributed by atoms with E-state index in [1.165, 1.54) is 0 Å². The molecule has 7 heteroatoms. The summed E-state index contributed by atoms with van der Waals surface area (Å²) in [4.78, 5) is 24.4. The van der Waals surface area contributed by atoms with Gasteiger partial charge in [0, 0.05) is 12.3 Å². The largest absolute Gasteiger partial charge is 0.480 e. The summed E-state index contributed by atoms with van der Waals surface area (Å²) in [6.07, 6.45) is 1.09. The van der Waals surface area contributed by atoms with Crippen molar-refractivity contribution >= 4 is 30.7 Å². The van der Waals surface area contributed by atoms with E-state index in [4.69, 9.17) is 9.90 Å². The summed E-state index contributed by atoms with van der Waals surface area (Å²) >= 11 is 1.57. The number of carboxylic acid groups (broad SMARTS) is 1. The van der Waals surface area contributed by atoms with E-state index in [1.54, 1.807) is 16.8 Å². The minimum atomic E-state index is -0.818. The second-order valence-corrected chi connectivity index (χ2v) is 3.87. The van der Waals surface area contributed by atoms with Crippen LogP contribution in [0.3, 0.4) is 0 Å². The molecular formula is C9H17N3O3S. The van der Waals surface area contributed by atoms with Crippen molar-refractivity contribution in [1.82, 2.24) is 9.62 Å². The van der Waals surface area contributed by atoms with Gasteiger partial charge < -0.3 is 19.5 Å². The van der Waals surface area contributed by atoms with E-state index >= 15 is 0 Å². The van der Waals surface area contributed by atoms with E-state index in [9.17, 15) is 4.79 Å². The lowest BCUT2D eigenvalue weighted by Crippen LogP contribution is -2.38. The van der Waals surface area contributed by atoms with Gasteiger partial charge in [0.15, 0.2) is 0 Å². The van der Waals surface area contributed by atoms with Gasteiger partial charge in [-0.1, -0.05) is 18.9 Å². The predicted octanol–water partition coefficient (Wildman–Crippen LogP) is 0.206. The summed E-state index contributed by atoms with van der Waals surface area (Å²) in [6.45, 7) is 5.50. The maximum atomic E-state index is 10.5. The summed E-state index contributed by atoms with van der Waals surface area (Å²) in [6, 6.07) is 0. The lowest BCUT2D eigenvalue weighted by molar-refractivity contribution is -0.137. The van der Waals surface area contributed by atoms with Gasteiger partial charge in [0.1, 0.15) is 13.3 Å². The van der Waals surface area contributed by atoms with Gasteiger partial charge in [-0.25, -0.2) is 0 Å². The Kier molecular flexibility index (Phi) is 8.32. The van der Waals surface area contributed by atoms with Gasteiger partial charge in [-0.3, -0.25) is 9.79 Å². The first-order chi connectivity index (χ1) is 7.74. The molecule has 0 radical (unpaired) electrons. The fourth-order valence-corrected chi connectivity index (χ4v) is 1.74. The van der Waals surface area contributed by atoms with Crippen molar-refractivity contribution in [3.63, 3.8) is 0 Å². The quantitative estimate of drug-likeness (QED) is 0.534. The molecule has 0 fully saturated rings. The maximum Gasteiger partial charge on any atom is 0.323 e. The molecule has 1 aliphatic heterocycles. The third-order valence-corrected chi connectivity index (χ3v) is 2.67. The molecule has 0 atom stereocenters. The Hall–Kier alpha value is -1.24. The van der Waals surface area contributed by atoms with Crippen molar-refractivity contribution in [3.8, 4) is 0 Å². The van der Waals surface area contributed by atoms with Crippen LogP contribution >= 0.6 is 11.9 Å². The Morgan fingerprint density at radius 1 is 1.69 bits per heavy atom. The molecule has 0 spiro atoms. The fourth-order valence-electron chi connectivity index (χ4n) is 1.11. The predicted molar refractivity (Wildman–Crippen MR) is 64.5 cm³/mol. The van der Waals surface area contributed by atoms with Gasteiger partial charge in [-0.15, -0.1) is 0 Å². The number of rotatable bonds is 5. The molecule has 92 valence electrons. The molecule has 0 aromatic carbocycles. The van der Waals surface area contributed by atoms with Crippen molar-refractivity contribution in [2.75, 3.05) is 25.4 Å². The van der Waals surface area contributed by atoms with Crippen LogP contribution in [0.4, 0.5) is 0 Å². The highest BCUT2D eigenvalue weighted by Crippen LogP contribution is 2.04. The maximum absolute atomic E-state index is 10.5. The van der Waals surface area contributed by atoms with E-state index in [-0.39, 0.29) is 6.54 Å². The monoisotopic (exact) mass is 247 g/mol. The molecule has 1 aliphatic rings. The molecular weight excluding hydrogens is 230 g/mol. The lowest BCUT2D eigenvalue weighted by Gasteiger charge is -2.17. The normalized spacial score (nSPS) is 13.8. The number of guanidine groups is 1. The number of carboxylic acids is 1. The smallest absolute Gasteiger partial charge is 0.323 e. The first-order valence-electron chi connectivity index (χ1n) is 4.92. The summed E-state index contributed by atoms with van der Waals surface area (Å²) in [5, 5.41) is 8.63. The molecule has 16 heavy (non-hydrogen) atoms. The van der Waals surface area contributed by atoms with Crippen LogP contribution in [0.15, 0.2) is 4.99 Å². The van der Waals surface area contributed by atoms with Crippen LogP contribution in [0.25, 0.3) is 0 Å². The standard InChI is InChI=1S/C8H15N3O2S.CH2O/c1-2-5-14-10-8-9-3-4-11(8)6-7(12)13;1-2/h2-6H2,1H3,(H,9,10)(H,12,13);1H2. The Bertz CT molecular complexity index is 248. The van der Waals surface area contributed by atoms with E-state index in [2.05, 4.69) is 16.6 Å². The number of nitrogens with zero attached hydrogens (tertiary/aromatic N) is 2. The summed E-state index contributed by atoms with van der Waals surface area (Å²) in [7, 11) is 0. The number of hydrogen-bond donors (Lipinski definition) is 2. The molecule has 0 aromatic rings. The van der Waals surface area contributed by atoms with Gasteiger partial charge in [0.05, 0.1) is 6.54 Å². The van der Waals surface area contributed by atoms with Crippen LogP contribution in [0.1, 0.15) is 13.3 Å². The zero-order valence-corrected chi connectivity index (χ0v) is 10.1. The number of nitrogens with one attached hydrogen (secondary N) is 1. The molecule has 6 nitrogen and oxygen atoms in total. The average Bonchev–Trinajstić information content (AvgIpc) is 2.68. The number of aliphatic imine (C=N–C) groups is 1. The van der Waals surface area contributed by atoms with E-state index in [1.807, 2.05) is 6.79 Å². The van der Waals surface area contributed by atoms with Crippen LogP contribution in [-0.4, -0.2) is 54.1 Å².